The summed E-state index contributed by atoms with van der Waals surface area (Å²) in [6, 6.07) is 11.2. The number of hydrogen-bond acceptors (Lipinski definition) is 3. The van der Waals surface area contributed by atoms with Crippen molar-refractivity contribution in [2.45, 2.75) is 13.0 Å². The van der Waals surface area contributed by atoms with Gasteiger partial charge in [-0.3, -0.25) is 0 Å². The van der Waals surface area contributed by atoms with Gasteiger partial charge < -0.3 is 15.2 Å². The number of methoxy groups -OCH3 is 2. The van der Waals surface area contributed by atoms with E-state index in [2.05, 4.69) is 0 Å². The Kier molecular flexibility index (Phi) is 4.53. The van der Waals surface area contributed by atoms with Gasteiger partial charge in [-0.15, -0.1) is 0 Å². The molecule has 0 aliphatic rings. The number of benzene rings is 2. The highest BCUT2D eigenvalue weighted by atomic mass is 35.5. The van der Waals surface area contributed by atoms with Crippen molar-refractivity contribution in [3.8, 4) is 11.5 Å². The summed E-state index contributed by atoms with van der Waals surface area (Å²) < 4.78 is 10.5. The molecule has 0 aliphatic heterocycles. The van der Waals surface area contributed by atoms with Gasteiger partial charge in [-0.2, -0.15) is 0 Å². The lowest BCUT2D eigenvalue weighted by atomic mass is 9.98. The van der Waals surface area contributed by atoms with E-state index in [1.54, 1.807) is 14.2 Å². The maximum absolute atomic E-state index is 6.30. The SMILES string of the molecule is COc1ccc(C(N)c2ccc(C)cc2Cl)cc1OC. The van der Waals surface area contributed by atoms with Gasteiger partial charge in [0.15, 0.2) is 11.5 Å². The molecule has 2 N–H and O–H groups in total. The summed E-state index contributed by atoms with van der Waals surface area (Å²) in [7, 11) is 3.21. The second kappa shape index (κ2) is 6.16. The van der Waals surface area contributed by atoms with Crippen LogP contribution in [0.5, 0.6) is 11.5 Å². The molecule has 0 aromatic heterocycles. The molecule has 0 bridgehead atoms. The number of nitrogens with two attached hydrogens (primary N) is 1. The third kappa shape index (κ3) is 2.89. The van der Waals surface area contributed by atoms with Crippen molar-refractivity contribution in [3.63, 3.8) is 0 Å². The Morgan fingerprint density at radius 3 is 2.30 bits per heavy atom. The first-order chi connectivity index (χ1) is 9.56. The molecule has 2 aromatic carbocycles. The van der Waals surface area contributed by atoms with Crippen molar-refractivity contribution in [1.29, 1.82) is 0 Å². The zero-order chi connectivity index (χ0) is 14.7. The second-order valence-corrected chi connectivity index (χ2v) is 5.02. The van der Waals surface area contributed by atoms with Gasteiger partial charge in [0.25, 0.3) is 0 Å². The van der Waals surface area contributed by atoms with Crippen molar-refractivity contribution in [1.82, 2.24) is 0 Å². The van der Waals surface area contributed by atoms with Crippen LogP contribution in [0.3, 0.4) is 0 Å². The fourth-order valence-electron chi connectivity index (χ4n) is 2.11. The average Bonchev–Trinajstić information content (AvgIpc) is 2.45. The zero-order valence-corrected chi connectivity index (χ0v) is 12.6. The van der Waals surface area contributed by atoms with Gasteiger partial charge in [0.1, 0.15) is 0 Å². The van der Waals surface area contributed by atoms with E-state index < -0.39 is 0 Å². The zero-order valence-electron chi connectivity index (χ0n) is 11.8. The maximum atomic E-state index is 6.30. The second-order valence-electron chi connectivity index (χ2n) is 4.62. The molecule has 2 rings (SSSR count). The van der Waals surface area contributed by atoms with E-state index in [0.29, 0.717) is 16.5 Å². The molecule has 0 amide bonds. The molecular weight excluding hydrogens is 274 g/mol. The monoisotopic (exact) mass is 291 g/mol. The average molecular weight is 292 g/mol. The van der Waals surface area contributed by atoms with Gasteiger partial charge in [0.2, 0.25) is 0 Å². The molecule has 0 aliphatic carbocycles. The van der Waals surface area contributed by atoms with Crippen molar-refractivity contribution >= 4 is 11.6 Å². The molecule has 1 unspecified atom stereocenters. The van der Waals surface area contributed by atoms with Crippen LogP contribution in [-0.4, -0.2) is 14.2 Å². The van der Waals surface area contributed by atoms with Crippen LogP contribution in [-0.2, 0) is 0 Å². The standard InChI is InChI=1S/C16H18ClNO2/c1-10-4-6-12(13(17)8-10)16(18)11-5-7-14(19-2)15(9-11)20-3/h4-9,16H,18H2,1-3H3. The molecule has 0 spiro atoms. The summed E-state index contributed by atoms with van der Waals surface area (Å²) in [5.41, 5.74) is 9.23. The molecule has 1 atom stereocenters. The first-order valence-corrected chi connectivity index (χ1v) is 6.68. The topological polar surface area (TPSA) is 44.5 Å². The summed E-state index contributed by atoms with van der Waals surface area (Å²) in [5, 5.41) is 0.673. The molecule has 0 saturated heterocycles. The number of aryl methyl sites for hydroxylation is 1. The number of rotatable bonds is 4. The van der Waals surface area contributed by atoms with Crippen molar-refractivity contribution in [2.75, 3.05) is 14.2 Å². The highest BCUT2D eigenvalue weighted by Gasteiger charge is 2.15. The first kappa shape index (κ1) is 14.7. The minimum atomic E-state index is -0.303. The Balaban J connectivity index is 2.40. The Hall–Kier alpha value is -1.71. The minimum Gasteiger partial charge on any atom is -0.493 e. The molecule has 0 radical (unpaired) electrons. The molecule has 3 nitrogen and oxygen atoms in total. The molecule has 0 heterocycles. The van der Waals surface area contributed by atoms with Crippen molar-refractivity contribution in [2.24, 2.45) is 5.73 Å². The fraction of sp³-hybridized carbons (Fsp3) is 0.250. The smallest absolute Gasteiger partial charge is 0.161 e. The molecule has 106 valence electrons. The predicted molar refractivity (Wildman–Crippen MR) is 81.8 cm³/mol. The normalized spacial score (nSPS) is 12.1. The van der Waals surface area contributed by atoms with E-state index in [4.69, 9.17) is 26.8 Å². The van der Waals surface area contributed by atoms with Crippen LogP contribution in [0, 0.1) is 6.92 Å². The lowest BCUT2D eigenvalue weighted by Gasteiger charge is -2.17. The first-order valence-electron chi connectivity index (χ1n) is 6.30. The molecule has 2 aromatic rings. The molecular formula is C16H18ClNO2. The van der Waals surface area contributed by atoms with Gasteiger partial charge in [-0.1, -0.05) is 29.8 Å². The largest absolute Gasteiger partial charge is 0.493 e. The van der Waals surface area contributed by atoms with Gasteiger partial charge in [0.05, 0.1) is 20.3 Å². The van der Waals surface area contributed by atoms with Crippen LogP contribution >= 0.6 is 11.6 Å². The molecule has 0 fully saturated rings. The highest BCUT2D eigenvalue weighted by Crippen LogP contribution is 2.33. The number of ether oxygens (including phenoxy) is 2. The number of hydrogen-bond donors (Lipinski definition) is 1. The summed E-state index contributed by atoms with van der Waals surface area (Å²) in [6.45, 7) is 2.00. The lowest BCUT2D eigenvalue weighted by molar-refractivity contribution is 0.354. The molecule has 0 saturated carbocycles. The lowest BCUT2D eigenvalue weighted by Crippen LogP contribution is -2.12. The van der Waals surface area contributed by atoms with E-state index in [1.165, 1.54) is 0 Å². The Morgan fingerprint density at radius 2 is 1.70 bits per heavy atom. The van der Waals surface area contributed by atoms with Gasteiger partial charge in [0, 0.05) is 5.02 Å². The molecule has 4 heteroatoms. The van der Waals surface area contributed by atoms with Crippen LogP contribution in [0.15, 0.2) is 36.4 Å². The number of halogens is 1. The maximum Gasteiger partial charge on any atom is 0.161 e. The van der Waals surface area contributed by atoms with E-state index in [9.17, 15) is 0 Å². The van der Waals surface area contributed by atoms with Crippen LogP contribution in [0.25, 0.3) is 0 Å². The summed E-state index contributed by atoms with van der Waals surface area (Å²) in [5.74, 6) is 1.34. The van der Waals surface area contributed by atoms with E-state index in [1.807, 2.05) is 43.3 Å². The Morgan fingerprint density at radius 1 is 1.00 bits per heavy atom. The summed E-state index contributed by atoms with van der Waals surface area (Å²) in [6.07, 6.45) is 0. The van der Waals surface area contributed by atoms with Crippen LogP contribution < -0.4 is 15.2 Å². The third-order valence-corrected chi connectivity index (χ3v) is 3.59. The van der Waals surface area contributed by atoms with Gasteiger partial charge in [-0.05, 0) is 41.8 Å². The van der Waals surface area contributed by atoms with Crippen molar-refractivity contribution in [3.05, 3.63) is 58.1 Å². The third-order valence-electron chi connectivity index (χ3n) is 3.26. The van der Waals surface area contributed by atoms with Crippen LogP contribution in [0.2, 0.25) is 5.02 Å². The van der Waals surface area contributed by atoms with Crippen LogP contribution in [0.1, 0.15) is 22.7 Å². The fourth-order valence-corrected chi connectivity index (χ4v) is 2.46. The van der Waals surface area contributed by atoms with E-state index in [-0.39, 0.29) is 6.04 Å². The van der Waals surface area contributed by atoms with Gasteiger partial charge >= 0.3 is 0 Å². The Labute approximate surface area is 124 Å². The Bertz CT molecular complexity index is 613. The van der Waals surface area contributed by atoms with E-state index in [0.717, 1.165) is 16.7 Å². The quantitative estimate of drug-likeness (QED) is 0.934. The van der Waals surface area contributed by atoms with Crippen molar-refractivity contribution < 1.29 is 9.47 Å². The van der Waals surface area contributed by atoms with E-state index >= 15 is 0 Å². The minimum absolute atomic E-state index is 0.303. The summed E-state index contributed by atoms with van der Waals surface area (Å²) in [4.78, 5) is 0. The highest BCUT2D eigenvalue weighted by molar-refractivity contribution is 6.31. The molecule has 20 heavy (non-hydrogen) atoms. The summed E-state index contributed by atoms with van der Waals surface area (Å²) >= 11 is 6.27. The van der Waals surface area contributed by atoms with Crippen LogP contribution in [0.4, 0.5) is 0 Å². The predicted octanol–water partition coefficient (Wildman–Crippen LogP) is 3.71. The van der Waals surface area contributed by atoms with Gasteiger partial charge in [-0.25, -0.2) is 0 Å².